The molecule has 24 heavy (non-hydrogen) atoms. The van der Waals surface area contributed by atoms with E-state index in [0.29, 0.717) is 12.1 Å². The Balaban J connectivity index is 1.77. The fourth-order valence-electron chi connectivity index (χ4n) is 2.20. The minimum absolute atomic E-state index is 0.213. The summed E-state index contributed by atoms with van der Waals surface area (Å²) in [4.78, 5) is 15.3. The molecule has 0 aliphatic rings. The molecule has 2 N–H and O–H groups in total. The van der Waals surface area contributed by atoms with E-state index in [1.165, 1.54) is 11.0 Å². The van der Waals surface area contributed by atoms with Gasteiger partial charge in [0.25, 0.3) is 5.91 Å². The first kappa shape index (κ1) is 15.8. The van der Waals surface area contributed by atoms with E-state index in [2.05, 4.69) is 10.1 Å². The van der Waals surface area contributed by atoms with Crippen LogP contribution >= 0.6 is 0 Å². The Hall–Kier alpha value is -3.13. The molecule has 0 aliphatic carbocycles. The molecule has 1 amide bonds. The quantitative estimate of drug-likeness (QED) is 0.569. The number of hydroxylamine groups is 1. The summed E-state index contributed by atoms with van der Waals surface area (Å²) in [6.07, 6.45) is 1.45. The number of amides is 1. The minimum Gasteiger partial charge on any atom is -0.288 e. The van der Waals surface area contributed by atoms with Gasteiger partial charge in [-0.1, -0.05) is 12.1 Å². The lowest BCUT2D eigenvalue weighted by molar-refractivity contribution is 0.0706. The number of aromatic nitrogens is 3. The highest BCUT2D eigenvalue weighted by Crippen LogP contribution is 2.18. The molecule has 0 radical (unpaired) electrons. The molecule has 8 heteroatoms. The first-order valence-corrected chi connectivity index (χ1v) is 6.94. The summed E-state index contributed by atoms with van der Waals surface area (Å²) in [6.45, 7) is 0.367. The minimum atomic E-state index is -0.695. The number of carbonyl (C=O) groups excluding carboxylic acids is 1. The summed E-state index contributed by atoms with van der Waals surface area (Å²) < 4.78 is 28.0. The maximum absolute atomic E-state index is 13.2. The van der Waals surface area contributed by atoms with Crippen LogP contribution in [0.25, 0.3) is 11.4 Å². The average Bonchev–Trinajstić information content (AvgIpc) is 3.02. The van der Waals surface area contributed by atoms with E-state index >= 15 is 0 Å². The number of hydrogen-bond donors (Lipinski definition) is 2. The second kappa shape index (κ2) is 6.55. The van der Waals surface area contributed by atoms with Crippen molar-refractivity contribution in [1.29, 1.82) is 0 Å². The van der Waals surface area contributed by atoms with Crippen LogP contribution in [0.2, 0.25) is 0 Å². The van der Waals surface area contributed by atoms with Crippen molar-refractivity contribution >= 4 is 5.91 Å². The van der Waals surface area contributed by atoms with E-state index in [0.717, 1.165) is 23.8 Å². The summed E-state index contributed by atoms with van der Waals surface area (Å²) >= 11 is 0. The Morgan fingerprint density at radius 1 is 1.12 bits per heavy atom. The molecule has 1 aromatic heterocycles. The number of rotatable bonds is 4. The lowest BCUT2D eigenvalue weighted by Gasteiger charge is -2.03. The Labute approximate surface area is 135 Å². The molecule has 0 saturated carbocycles. The first-order valence-electron chi connectivity index (χ1n) is 6.94. The molecule has 0 spiro atoms. The molecule has 6 nitrogen and oxygen atoms in total. The lowest BCUT2D eigenvalue weighted by Crippen LogP contribution is -2.18. The van der Waals surface area contributed by atoms with Crippen LogP contribution in [0.3, 0.4) is 0 Å². The summed E-state index contributed by atoms with van der Waals surface area (Å²) in [5.74, 6) is -1.78. The van der Waals surface area contributed by atoms with Gasteiger partial charge in [0.2, 0.25) is 0 Å². The maximum atomic E-state index is 13.2. The van der Waals surface area contributed by atoms with Gasteiger partial charge < -0.3 is 0 Å². The average molecular weight is 330 g/mol. The van der Waals surface area contributed by atoms with Gasteiger partial charge >= 0.3 is 0 Å². The van der Waals surface area contributed by atoms with E-state index in [9.17, 15) is 13.6 Å². The summed E-state index contributed by atoms with van der Waals surface area (Å²) in [7, 11) is 0. The monoisotopic (exact) mass is 330 g/mol. The van der Waals surface area contributed by atoms with Crippen LogP contribution in [0.4, 0.5) is 8.78 Å². The molecule has 0 fully saturated rings. The molecule has 3 aromatic rings. The molecule has 0 unspecified atom stereocenters. The van der Waals surface area contributed by atoms with Crippen LogP contribution in [-0.2, 0) is 6.54 Å². The van der Waals surface area contributed by atoms with Crippen LogP contribution in [0.5, 0.6) is 0 Å². The van der Waals surface area contributed by atoms with Crippen molar-refractivity contribution in [3.63, 3.8) is 0 Å². The largest absolute Gasteiger partial charge is 0.288 e. The Kier molecular flexibility index (Phi) is 4.30. The van der Waals surface area contributed by atoms with Crippen LogP contribution in [-0.4, -0.2) is 25.9 Å². The number of carbonyl (C=O) groups is 1. The predicted octanol–water partition coefficient (Wildman–Crippen LogP) is 2.39. The molecule has 2 aromatic carbocycles. The Bertz CT molecular complexity index is 858. The standard InChI is InChI=1S/C16H12F2N4O2/c17-13-5-12(6-14(18)7-13)15-19-9-22(20-15)8-10-1-3-11(4-2-10)16(23)21-24/h1-7,9,24H,8H2,(H,21,23). The zero-order valence-corrected chi connectivity index (χ0v) is 12.3. The smallest absolute Gasteiger partial charge is 0.274 e. The van der Waals surface area contributed by atoms with Gasteiger partial charge in [-0.2, -0.15) is 5.10 Å². The highest BCUT2D eigenvalue weighted by molar-refractivity contribution is 5.93. The number of nitrogens with zero attached hydrogens (tertiary/aromatic N) is 3. The third-order valence-electron chi connectivity index (χ3n) is 3.32. The fourth-order valence-corrected chi connectivity index (χ4v) is 2.20. The van der Waals surface area contributed by atoms with Gasteiger partial charge in [-0.05, 0) is 29.8 Å². The molecule has 122 valence electrons. The van der Waals surface area contributed by atoms with Crippen LogP contribution < -0.4 is 5.48 Å². The van der Waals surface area contributed by atoms with E-state index in [1.807, 2.05) is 0 Å². The summed E-state index contributed by atoms with van der Waals surface area (Å²) in [6, 6.07) is 9.61. The van der Waals surface area contributed by atoms with Gasteiger partial charge in [-0.15, -0.1) is 0 Å². The highest BCUT2D eigenvalue weighted by atomic mass is 19.1. The van der Waals surface area contributed by atoms with Crippen LogP contribution in [0.15, 0.2) is 48.8 Å². The highest BCUT2D eigenvalue weighted by Gasteiger charge is 2.09. The van der Waals surface area contributed by atoms with Crippen molar-refractivity contribution in [3.05, 3.63) is 71.6 Å². The molecule has 1 heterocycles. The normalized spacial score (nSPS) is 10.6. The van der Waals surface area contributed by atoms with Gasteiger partial charge in [0.1, 0.15) is 18.0 Å². The zero-order chi connectivity index (χ0) is 17.1. The second-order valence-corrected chi connectivity index (χ2v) is 5.06. The second-order valence-electron chi connectivity index (χ2n) is 5.06. The van der Waals surface area contributed by atoms with Crippen molar-refractivity contribution < 1.29 is 18.8 Å². The molecular formula is C16H12F2N4O2. The van der Waals surface area contributed by atoms with E-state index in [1.54, 1.807) is 29.7 Å². The first-order chi connectivity index (χ1) is 11.5. The molecule has 0 aliphatic heterocycles. The maximum Gasteiger partial charge on any atom is 0.274 e. The van der Waals surface area contributed by atoms with Crippen LogP contribution in [0, 0.1) is 11.6 Å². The van der Waals surface area contributed by atoms with Crippen LogP contribution in [0.1, 0.15) is 15.9 Å². The lowest BCUT2D eigenvalue weighted by atomic mass is 10.1. The molecule has 3 rings (SSSR count). The van der Waals surface area contributed by atoms with Crippen molar-refractivity contribution in [2.45, 2.75) is 6.54 Å². The topological polar surface area (TPSA) is 80.0 Å². The Morgan fingerprint density at radius 2 is 1.79 bits per heavy atom. The van der Waals surface area contributed by atoms with E-state index < -0.39 is 17.5 Å². The summed E-state index contributed by atoms with van der Waals surface area (Å²) in [5.41, 5.74) is 2.96. The van der Waals surface area contributed by atoms with Gasteiger partial charge in [-0.3, -0.25) is 10.0 Å². The Morgan fingerprint density at radius 3 is 2.42 bits per heavy atom. The molecule has 0 bridgehead atoms. The third kappa shape index (κ3) is 3.44. The van der Waals surface area contributed by atoms with Gasteiger partial charge in [0, 0.05) is 17.2 Å². The van der Waals surface area contributed by atoms with E-state index in [-0.39, 0.29) is 11.4 Å². The van der Waals surface area contributed by atoms with Crippen molar-refractivity contribution in [2.75, 3.05) is 0 Å². The number of benzene rings is 2. The van der Waals surface area contributed by atoms with Crippen molar-refractivity contribution in [2.24, 2.45) is 0 Å². The fraction of sp³-hybridized carbons (Fsp3) is 0.0625. The van der Waals surface area contributed by atoms with E-state index in [4.69, 9.17) is 5.21 Å². The van der Waals surface area contributed by atoms with Gasteiger partial charge in [0.15, 0.2) is 5.82 Å². The molecular weight excluding hydrogens is 318 g/mol. The SMILES string of the molecule is O=C(NO)c1ccc(Cn2cnc(-c3cc(F)cc(F)c3)n2)cc1. The van der Waals surface area contributed by atoms with Crippen molar-refractivity contribution in [3.8, 4) is 11.4 Å². The number of hydrogen-bond acceptors (Lipinski definition) is 4. The predicted molar refractivity (Wildman–Crippen MR) is 80.2 cm³/mol. The summed E-state index contributed by atoms with van der Waals surface area (Å²) in [5, 5.41) is 12.8. The molecule has 0 atom stereocenters. The number of nitrogens with one attached hydrogen (secondary N) is 1. The van der Waals surface area contributed by atoms with Gasteiger partial charge in [0.05, 0.1) is 6.54 Å². The van der Waals surface area contributed by atoms with Crippen molar-refractivity contribution in [1.82, 2.24) is 20.2 Å². The zero-order valence-electron chi connectivity index (χ0n) is 12.3. The third-order valence-corrected chi connectivity index (χ3v) is 3.32. The van der Waals surface area contributed by atoms with Gasteiger partial charge in [-0.25, -0.2) is 23.9 Å². The molecule has 0 saturated heterocycles. The number of halogens is 2.